The number of carbonyl (C=O) groups is 1. The van der Waals surface area contributed by atoms with Crippen molar-refractivity contribution in [2.24, 2.45) is 16.7 Å². The molecule has 1 aliphatic heterocycles. The Labute approximate surface area is 84.2 Å². The lowest BCUT2D eigenvalue weighted by atomic mass is 9.33. The van der Waals surface area contributed by atoms with E-state index in [1.165, 1.54) is 26.6 Å². The second-order valence-corrected chi connectivity index (χ2v) is 5.53. The van der Waals surface area contributed by atoms with E-state index in [0.29, 0.717) is 5.41 Å². The van der Waals surface area contributed by atoms with E-state index in [4.69, 9.17) is 4.74 Å². The number of methoxy groups -OCH3 is 1. The third kappa shape index (κ3) is 0.937. The maximum atomic E-state index is 11.4. The van der Waals surface area contributed by atoms with E-state index in [-0.39, 0.29) is 11.4 Å². The first-order valence-electron chi connectivity index (χ1n) is 5.47. The SMILES string of the molecule is COC(=O)C12CC(CC3CNC3)(C1)C2. The van der Waals surface area contributed by atoms with Gasteiger partial charge in [-0.05, 0) is 50.1 Å². The Morgan fingerprint density at radius 1 is 1.43 bits per heavy atom. The molecule has 0 aromatic carbocycles. The van der Waals surface area contributed by atoms with Crippen molar-refractivity contribution in [1.29, 1.82) is 0 Å². The molecule has 14 heavy (non-hydrogen) atoms. The molecule has 0 aromatic rings. The van der Waals surface area contributed by atoms with Crippen molar-refractivity contribution in [1.82, 2.24) is 5.32 Å². The quantitative estimate of drug-likeness (QED) is 0.681. The minimum absolute atomic E-state index is 0.0334. The zero-order valence-corrected chi connectivity index (χ0v) is 8.64. The summed E-state index contributed by atoms with van der Waals surface area (Å²) >= 11 is 0. The van der Waals surface area contributed by atoms with Crippen LogP contribution in [0.25, 0.3) is 0 Å². The molecule has 1 heterocycles. The average molecular weight is 195 g/mol. The lowest BCUT2D eigenvalue weighted by Gasteiger charge is -2.70. The lowest BCUT2D eigenvalue weighted by molar-refractivity contribution is -0.232. The van der Waals surface area contributed by atoms with Crippen LogP contribution in [0.4, 0.5) is 0 Å². The first kappa shape index (κ1) is 8.72. The normalized spacial score (nSPS) is 44.6. The third-order valence-corrected chi connectivity index (χ3v) is 4.35. The first-order valence-corrected chi connectivity index (χ1v) is 5.47. The zero-order chi connectivity index (χ0) is 9.81. The number of esters is 1. The summed E-state index contributed by atoms with van der Waals surface area (Å²) in [5.41, 5.74) is 0.507. The minimum atomic E-state index is -0.0358. The number of carbonyl (C=O) groups excluding carboxylic acids is 1. The van der Waals surface area contributed by atoms with E-state index in [2.05, 4.69) is 5.32 Å². The molecule has 0 spiro atoms. The van der Waals surface area contributed by atoms with Crippen LogP contribution in [0.2, 0.25) is 0 Å². The van der Waals surface area contributed by atoms with Crippen LogP contribution in [0.15, 0.2) is 0 Å². The maximum Gasteiger partial charge on any atom is 0.311 e. The fourth-order valence-corrected chi connectivity index (χ4v) is 3.75. The summed E-state index contributed by atoms with van der Waals surface area (Å²) in [7, 11) is 1.51. The summed E-state index contributed by atoms with van der Waals surface area (Å²) < 4.78 is 4.83. The van der Waals surface area contributed by atoms with Gasteiger partial charge >= 0.3 is 5.97 Å². The smallest absolute Gasteiger partial charge is 0.311 e. The minimum Gasteiger partial charge on any atom is -0.469 e. The van der Waals surface area contributed by atoms with E-state index >= 15 is 0 Å². The molecule has 3 aliphatic carbocycles. The van der Waals surface area contributed by atoms with Crippen molar-refractivity contribution in [3.05, 3.63) is 0 Å². The Kier molecular flexibility index (Phi) is 1.56. The van der Waals surface area contributed by atoms with Crippen LogP contribution in [0.5, 0.6) is 0 Å². The van der Waals surface area contributed by atoms with Gasteiger partial charge in [0.2, 0.25) is 0 Å². The van der Waals surface area contributed by atoms with E-state index in [1.807, 2.05) is 0 Å². The molecule has 0 amide bonds. The number of nitrogens with one attached hydrogen (secondary N) is 1. The van der Waals surface area contributed by atoms with Gasteiger partial charge in [-0.3, -0.25) is 4.79 Å². The number of hydrogen-bond acceptors (Lipinski definition) is 3. The molecule has 0 unspecified atom stereocenters. The molecular weight excluding hydrogens is 178 g/mol. The molecule has 0 atom stereocenters. The molecule has 78 valence electrons. The standard InChI is InChI=1S/C11H17NO2/c1-14-9(13)11-5-10(6-11,7-11)2-8-3-12-4-8/h8,12H,2-7H2,1H3. The van der Waals surface area contributed by atoms with Crippen molar-refractivity contribution in [3.8, 4) is 0 Å². The fraction of sp³-hybridized carbons (Fsp3) is 0.909. The Bertz CT molecular complexity index is 263. The third-order valence-electron chi connectivity index (χ3n) is 4.35. The largest absolute Gasteiger partial charge is 0.469 e. The van der Waals surface area contributed by atoms with Gasteiger partial charge < -0.3 is 10.1 Å². The number of ether oxygens (including phenoxy) is 1. The van der Waals surface area contributed by atoms with Crippen LogP contribution in [-0.2, 0) is 9.53 Å². The summed E-state index contributed by atoms with van der Waals surface area (Å²) in [6, 6.07) is 0. The van der Waals surface area contributed by atoms with E-state index < -0.39 is 0 Å². The second kappa shape index (κ2) is 2.51. The summed E-state index contributed by atoms with van der Waals surface area (Å²) in [6.07, 6.45) is 4.63. The summed E-state index contributed by atoms with van der Waals surface area (Å²) in [5.74, 6) is 0.914. The van der Waals surface area contributed by atoms with Crippen LogP contribution in [0.3, 0.4) is 0 Å². The molecule has 3 heteroatoms. The first-order chi connectivity index (χ1) is 6.68. The highest BCUT2D eigenvalue weighted by Gasteiger charge is 2.72. The van der Waals surface area contributed by atoms with Crippen molar-refractivity contribution in [2.75, 3.05) is 20.2 Å². The Morgan fingerprint density at radius 2 is 2.07 bits per heavy atom. The number of rotatable bonds is 3. The second-order valence-electron chi connectivity index (χ2n) is 5.53. The van der Waals surface area contributed by atoms with Gasteiger partial charge in [0.05, 0.1) is 12.5 Å². The number of hydrogen-bond donors (Lipinski definition) is 1. The molecule has 2 bridgehead atoms. The van der Waals surface area contributed by atoms with E-state index in [1.54, 1.807) is 0 Å². The van der Waals surface area contributed by atoms with E-state index in [9.17, 15) is 4.79 Å². The van der Waals surface area contributed by atoms with Crippen molar-refractivity contribution in [2.45, 2.75) is 25.7 Å². The van der Waals surface area contributed by atoms with Crippen LogP contribution >= 0.6 is 0 Å². The van der Waals surface area contributed by atoms with Crippen LogP contribution in [0.1, 0.15) is 25.7 Å². The van der Waals surface area contributed by atoms with Crippen LogP contribution in [-0.4, -0.2) is 26.2 Å². The summed E-state index contributed by atoms with van der Waals surface area (Å²) in [5, 5.41) is 3.30. The molecule has 0 aromatic heterocycles. The highest BCUT2D eigenvalue weighted by molar-refractivity contribution is 5.81. The summed E-state index contributed by atoms with van der Waals surface area (Å²) in [6.45, 7) is 2.37. The topological polar surface area (TPSA) is 38.3 Å². The highest BCUT2D eigenvalue weighted by Crippen LogP contribution is 2.75. The Balaban J connectivity index is 1.55. The van der Waals surface area contributed by atoms with Crippen molar-refractivity contribution in [3.63, 3.8) is 0 Å². The van der Waals surface area contributed by atoms with Gasteiger partial charge in [-0.2, -0.15) is 0 Å². The van der Waals surface area contributed by atoms with Crippen LogP contribution < -0.4 is 5.32 Å². The van der Waals surface area contributed by atoms with Gasteiger partial charge in [0.25, 0.3) is 0 Å². The molecule has 4 aliphatic rings. The van der Waals surface area contributed by atoms with Gasteiger partial charge in [-0.25, -0.2) is 0 Å². The molecule has 4 rings (SSSR count). The monoisotopic (exact) mass is 195 g/mol. The van der Waals surface area contributed by atoms with Gasteiger partial charge in [0.15, 0.2) is 0 Å². The average Bonchev–Trinajstić information content (AvgIpc) is 1.95. The Morgan fingerprint density at radius 3 is 2.50 bits per heavy atom. The van der Waals surface area contributed by atoms with E-state index in [0.717, 1.165) is 25.2 Å². The predicted molar refractivity (Wildman–Crippen MR) is 51.7 cm³/mol. The molecule has 3 saturated carbocycles. The fourth-order valence-electron chi connectivity index (χ4n) is 3.75. The van der Waals surface area contributed by atoms with Crippen molar-refractivity contribution >= 4 is 5.97 Å². The summed E-state index contributed by atoms with van der Waals surface area (Å²) in [4.78, 5) is 11.4. The molecule has 0 radical (unpaired) electrons. The molecule has 1 N–H and O–H groups in total. The predicted octanol–water partition coefficient (Wildman–Crippen LogP) is 0.939. The molecular formula is C11H17NO2. The molecule has 1 saturated heterocycles. The van der Waals surface area contributed by atoms with Gasteiger partial charge in [-0.1, -0.05) is 0 Å². The molecule has 4 fully saturated rings. The maximum absolute atomic E-state index is 11.4. The zero-order valence-electron chi connectivity index (χ0n) is 8.64. The van der Waals surface area contributed by atoms with Crippen molar-refractivity contribution < 1.29 is 9.53 Å². The Hall–Kier alpha value is -0.570. The van der Waals surface area contributed by atoms with Crippen LogP contribution in [0, 0.1) is 16.7 Å². The highest BCUT2D eigenvalue weighted by atomic mass is 16.5. The lowest BCUT2D eigenvalue weighted by Crippen LogP contribution is -2.67. The van der Waals surface area contributed by atoms with Gasteiger partial charge in [0, 0.05) is 0 Å². The molecule has 3 nitrogen and oxygen atoms in total. The van der Waals surface area contributed by atoms with Gasteiger partial charge in [-0.15, -0.1) is 0 Å². The van der Waals surface area contributed by atoms with Gasteiger partial charge in [0.1, 0.15) is 0 Å².